The van der Waals surface area contributed by atoms with E-state index in [0.717, 1.165) is 5.56 Å². The minimum Gasteiger partial charge on any atom is -0.496 e. The Morgan fingerprint density at radius 3 is 2.48 bits per heavy atom. The van der Waals surface area contributed by atoms with E-state index in [0.29, 0.717) is 22.6 Å². The van der Waals surface area contributed by atoms with E-state index in [1.165, 1.54) is 21.1 Å². The largest absolute Gasteiger partial charge is 0.496 e. The molecule has 23 heavy (non-hydrogen) atoms. The minimum atomic E-state index is -0.390. The number of ketones is 1. The molecule has 2 aromatic carbocycles. The summed E-state index contributed by atoms with van der Waals surface area (Å²) in [4.78, 5) is 23.0. The van der Waals surface area contributed by atoms with Gasteiger partial charge in [0, 0.05) is 6.07 Å². The standard InChI is InChI=1S/C18H18O5/c1-12(19)16-8-7-15(10-17(16)21-2)23-11-13-5-4-6-14(9-13)18(20)22-3/h4-10H,11H2,1-3H3. The second-order valence-corrected chi connectivity index (χ2v) is 4.90. The van der Waals surface area contributed by atoms with Crippen molar-refractivity contribution in [2.45, 2.75) is 13.5 Å². The summed E-state index contributed by atoms with van der Waals surface area (Å²) in [5.74, 6) is 0.590. The van der Waals surface area contributed by atoms with Crippen LogP contribution in [0.2, 0.25) is 0 Å². The van der Waals surface area contributed by atoms with E-state index in [1.54, 1.807) is 36.4 Å². The number of Topliss-reactive ketones (excluding diaryl/α,β-unsaturated/α-hetero) is 1. The summed E-state index contributed by atoms with van der Waals surface area (Å²) in [6, 6.07) is 12.1. The summed E-state index contributed by atoms with van der Waals surface area (Å²) < 4.78 is 15.6. The molecule has 0 radical (unpaired) electrons. The van der Waals surface area contributed by atoms with Crippen molar-refractivity contribution in [2.24, 2.45) is 0 Å². The van der Waals surface area contributed by atoms with E-state index in [-0.39, 0.29) is 18.4 Å². The van der Waals surface area contributed by atoms with Crippen LogP contribution in [0.3, 0.4) is 0 Å². The lowest BCUT2D eigenvalue weighted by Gasteiger charge is -2.11. The van der Waals surface area contributed by atoms with Crippen LogP contribution >= 0.6 is 0 Å². The van der Waals surface area contributed by atoms with Crippen molar-refractivity contribution < 1.29 is 23.8 Å². The molecule has 0 spiro atoms. The van der Waals surface area contributed by atoms with Crippen molar-refractivity contribution in [3.63, 3.8) is 0 Å². The zero-order valence-corrected chi connectivity index (χ0v) is 13.3. The first-order valence-corrected chi connectivity index (χ1v) is 7.04. The fourth-order valence-corrected chi connectivity index (χ4v) is 2.12. The maximum absolute atomic E-state index is 11.5. The van der Waals surface area contributed by atoms with Gasteiger partial charge in [-0.1, -0.05) is 12.1 Å². The predicted octanol–water partition coefficient (Wildman–Crippen LogP) is 3.26. The first-order chi connectivity index (χ1) is 11.0. The number of hydrogen-bond donors (Lipinski definition) is 0. The molecule has 120 valence electrons. The maximum atomic E-state index is 11.5. The summed E-state index contributed by atoms with van der Waals surface area (Å²) in [6.07, 6.45) is 0. The number of carbonyl (C=O) groups is 2. The molecule has 5 nitrogen and oxygen atoms in total. The van der Waals surface area contributed by atoms with E-state index in [2.05, 4.69) is 0 Å². The lowest BCUT2D eigenvalue weighted by atomic mass is 10.1. The predicted molar refractivity (Wildman–Crippen MR) is 85.1 cm³/mol. The Morgan fingerprint density at radius 2 is 1.83 bits per heavy atom. The topological polar surface area (TPSA) is 61.8 Å². The molecule has 0 amide bonds. The van der Waals surface area contributed by atoms with Gasteiger partial charge in [-0.05, 0) is 36.8 Å². The van der Waals surface area contributed by atoms with Crippen molar-refractivity contribution in [2.75, 3.05) is 14.2 Å². The Kier molecular flexibility index (Phi) is 5.36. The SMILES string of the molecule is COC(=O)c1cccc(COc2ccc(C(C)=O)c(OC)c2)c1. The Morgan fingerprint density at radius 1 is 1.04 bits per heavy atom. The molecule has 2 aromatic rings. The van der Waals surface area contributed by atoms with Gasteiger partial charge in [-0.3, -0.25) is 4.79 Å². The van der Waals surface area contributed by atoms with Gasteiger partial charge < -0.3 is 14.2 Å². The molecule has 0 bridgehead atoms. The normalized spacial score (nSPS) is 10.0. The first-order valence-electron chi connectivity index (χ1n) is 7.04. The van der Waals surface area contributed by atoms with Crippen LogP contribution in [0.15, 0.2) is 42.5 Å². The van der Waals surface area contributed by atoms with Gasteiger partial charge in [0.25, 0.3) is 0 Å². The molecular formula is C18H18O5. The summed E-state index contributed by atoms with van der Waals surface area (Å²) in [5, 5.41) is 0. The molecule has 0 aliphatic carbocycles. The number of esters is 1. The molecule has 0 N–H and O–H groups in total. The Hall–Kier alpha value is -2.82. The fraction of sp³-hybridized carbons (Fsp3) is 0.222. The van der Waals surface area contributed by atoms with Gasteiger partial charge in [-0.2, -0.15) is 0 Å². The highest BCUT2D eigenvalue weighted by atomic mass is 16.5. The molecule has 0 aliphatic rings. The number of ether oxygens (including phenoxy) is 3. The van der Waals surface area contributed by atoms with Gasteiger partial charge in [-0.15, -0.1) is 0 Å². The Labute approximate surface area is 134 Å². The van der Waals surface area contributed by atoms with Crippen LogP contribution in [0.4, 0.5) is 0 Å². The third-order valence-corrected chi connectivity index (χ3v) is 3.31. The fourth-order valence-electron chi connectivity index (χ4n) is 2.12. The smallest absolute Gasteiger partial charge is 0.337 e. The lowest BCUT2D eigenvalue weighted by molar-refractivity contribution is 0.0600. The third kappa shape index (κ3) is 4.10. The number of carbonyl (C=O) groups excluding carboxylic acids is 2. The van der Waals surface area contributed by atoms with Crippen LogP contribution < -0.4 is 9.47 Å². The molecule has 0 heterocycles. The molecule has 0 aliphatic heterocycles. The van der Waals surface area contributed by atoms with Gasteiger partial charge in [0.1, 0.15) is 18.1 Å². The molecule has 5 heteroatoms. The summed E-state index contributed by atoms with van der Waals surface area (Å²) in [5.41, 5.74) is 1.81. The summed E-state index contributed by atoms with van der Waals surface area (Å²) in [7, 11) is 2.85. The third-order valence-electron chi connectivity index (χ3n) is 3.31. The lowest BCUT2D eigenvalue weighted by Crippen LogP contribution is -2.03. The van der Waals surface area contributed by atoms with Crippen molar-refractivity contribution >= 4 is 11.8 Å². The van der Waals surface area contributed by atoms with Crippen LogP contribution in [-0.4, -0.2) is 26.0 Å². The van der Waals surface area contributed by atoms with Crippen molar-refractivity contribution in [1.82, 2.24) is 0 Å². The van der Waals surface area contributed by atoms with Gasteiger partial charge in [0.2, 0.25) is 0 Å². The minimum absolute atomic E-state index is 0.0702. The summed E-state index contributed by atoms with van der Waals surface area (Å²) >= 11 is 0. The molecule has 0 fully saturated rings. The molecule has 2 rings (SSSR count). The average molecular weight is 314 g/mol. The molecule has 0 unspecified atom stereocenters. The second-order valence-electron chi connectivity index (χ2n) is 4.90. The second kappa shape index (κ2) is 7.45. The van der Waals surface area contributed by atoms with Crippen LogP contribution in [0.5, 0.6) is 11.5 Å². The Balaban J connectivity index is 2.12. The van der Waals surface area contributed by atoms with Gasteiger partial charge in [0.15, 0.2) is 5.78 Å². The highest BCUT2D eigenvalue weighted by molar-refractivity contribution is 5.97. The highest BCUT2D eigenvalue weighted by Gasteiger charge is 2.10. The molecular weight excluding hydrogens is 296 g/mol. The number of rotatable bonds is 6. The number of benzene rings is 2. The number of methoxy groups -OCH3 is 2. The van der Waals surface area contributed by atoms with Crippen LogP contribution in [0, 0.1) is 0 Å². The van der Waals surface area contributed by atoms with Gasteiger partial charge >= 0.3 is 5.97 Å². The van der Waals surface area contributed by atoms with E-state index in [4.69, 9.17) is 14.2 Å². The van der Waals surface area contributed by atoms with E-state index in [1.807, 2.05) is 6.07 Å². The van der Waals surface area contributed by atoms with E-state index < -0.39 is 0 Å². The molecule has 0 saturated heterocycles. The highest BCUT2D eigenvalue weighted by Crippen LogP contribution is 2.25. The van der Waals surface area contributed by atoms with Crippen molar-refractivity contribution in [3.8, 4) is 11.5 Å². The zero-order chi connectivity index (χ0) is 16.8. The van der Waals surface area contributed by atoms with Gasteiger partial charge in [0.05, 0.1) is 25.3 Å². The molecule has 0 atom stereocenters. The van der Waals surface area contributed by atoms with Gasteiger partial charge in [-0.25, -0.2) is 4.79 Å². The molecule has 0 aromatic heterocycles. The maximum Gasteiger partial charge on any atom is 0.337 e. The quantitative estimate of drug-likeness (QED) is 0.605. The number of hydrogen-bond acceptors (Lipinski definition) is 5. The van der Waals surface area contributed by atoms with E-state index >= 15 is 0 Å². The van der Waals surface area contributed by atoms with Crippen molar-refractivity contribution in [3.05, 3.63) is 59.2 Å². The monoisotopic (exact) mass is 314 g/mol. The van der Waals surface area contributed by atoms with Crippen LogP contribution in [-0.2, 0) is 11.3 Å². The van der Waals surface area contributed by atoms with Crippen molar-refractivity contribution in [1.29, 1.82) is 0 Å². The van der Waals surface area contributed by atoms with Crippen LogP contribution in [0.1, 0.15) is 33.2 Å². The Bertz CT molecular complexity index is 721. The molecule has 0 saturated carbocycles. The summed E-state index contributed by atoms with van der Waals surface area (Å²) in [6.45, 7) is 1.77. The van der Waals surface area contributed by atoms with E-state index in [9.17, 15) is 9.59 Å². The van der Waals surface area contributed by atoms with Crippen LogP contribution in [0.25, 0.3) is 0 Å². The zero-order valence-electron chi connectivity index (χ0n) is 13.3. The first kappa shape index (κ1) is 16.5. The average Bonchev–Trinajstić information content (AvgIpc) is 2.59.